The van der Waals surface area contributed by atoms with Gasteiger partial charge in [0.25, 0.3) is 0 Å². The van der Waals surface area contributed by atoms with Gasteiger partial charge in [0.1, 0.15) is 23.7 Å². The van der Waals surface area contributed by atoms with E-state index in [-0.39, 0.29) is 11.7 Å². The molecule has 0 spiro atoms. The lowest BCUT2D eigenvalue weighted by molar-refractivity contribution is -0.274. The van der Waals surface area contributed by atoms with Gasteiger partial charge in [-0.2, -0.15) is 10.3 Å². The molecule has 0 aliphatic rings. The molecular weight excluding hydrogens is 631 g/mol. The number of methoxy groups -OCH3 is 1. The maximum Gasteiger partial charge on any atom is 0.573 e. The summed E-state index contributed by atoms with van der Waals surface area (Å²) in [6.07, 6.45) is -2.09. The topological polar surface area (TPSA) is 120 Å². The van der Waals surface area contributed by atoms with Crippen LogP contribution in [0.2, 0.25) is 0 Å². The van der Waals surface area contributed by atoms with E-state index in [1.807, 2.05) is 35.1 Å². The van der Waals surface area contributed by atoms with Crippen molar-refractivity contribution in [3.63, 3.8) is 0 Å². The van der Waals surface area contributed by atoms with Crippen molar-refractivity contribution in [2.45, 2.75) is 39.0 Å². The zero-order valence-corrected chi connectivity index (χ0v) is 26.5. The first-order chi connectivity index (χ1) is 22.5. The molecule has 5 aromatic rings. The normalized spacial score (nSPS) is 12.8. The minimum atomic E-state index is -4.78. The van der Waals surface area contributed by atoms with Gasteiger partial charge in [0.15, 0.2) is 10.6 Å². The van der Waals surface area contributed by atoms with Gasteiger partial charge in [-0.25, -0.2) is 19.5 Å². The van der Waals surface area contributed by atoms with E-state index in [1.165, 1.54) is 52.8 Å². The Morgan fingerprint density at radius 3 is 2.40 bits per heavy atom. The number of nitriles is 1. The number of carbonyl (C=O) groups is 1. The third-order valence-corrected chi connectivity index (χ3v) is 7.94. The number of carbonyl (C=O) groups excluding carboxylic acids is 1. The molecule has 0 bridgehead atoms. The van der Waals surface area contributed by atoms with Gasteiger partial charge in [0.05, 0.1) is 24.6 Å². The van der Waals surface area contributed by atoms with Crippen molar-refractivity contribution in [2.75, 3.05) is 7.11 Å². The standard InChI is InChI=1S/C33H28F3N7O3S/c1-20(2)28-15-27(45-4)13-14-29(28)43-21(3)18-47-32(43)40-31(44)38-17-24(16-37)22-5-7-23(8-6-22)30-39-19-42(41-30)25-9-11-26(12-10-25)46-33(34,35)36/h5-15,17-20,24H,1-4H3. The van der Waals surface area contributed by atoms with Crippen molar-refractivity contribution < 1.29 is 27.4 Å². The van der Waals surface area contributed by atoms with Crippen molar-refractivity contribution in [3.8, 4) is 40.3 Å². The molecule has 2 heterocycles. The lowest BCUT2D eigenvalue weighted by Crippen LogP contribution is -2.18. The molecule has 3 aromatic carbocycles. The summed E-state index contributed by atoms with van der Waals surface area (Å²) >= 11 is 1.31. The number of benzene rings is 3. The van der Waals surface area contributed by atoms with E-state index in [0.717, 1.165) is 22.7 Å². The van der Waals surface area contributed by atoms with Crippen molar-refractivity contribution in [3.05, 3.63) is 100 Å². The number of nitrogens with zero attached hydrogens (tertiary/aromatic N) is 7. The van der Waals surface area contributed by atoms with Crippen LogP contribution in [0.4, 0.5) is 18.0 Å². The molecule has 240 valence electrons. The molecule has 47 heavy (non-hydrogen) atoms. The van der Waals surface area contributed by atoms with E-state index < -0.39 is 18.3 Å². The summed E-state index contributed by atoms with van der Waals surface area (Å²) in [6.45, 7) is 6.09. The predicted molar refractivity (Wildman–Crippen MR) is 170 cm³/mol. The number of aromatic nitrogens is 4. The van der Waals surface area contributed by atoms with E-state index >= 15 is 0 Å². The van der Waals surface area contributed by atoms with Gasteiger partial charge in [-0.15, -0.1) is 29.6 Å². The van der Waals surface area contributed by atoms with Crippen LogP contribution in [0, 0.1) is 18.3 Å². The molecule has 0 aliphatic heterocycles. The van der Waals surface area contributed by atoms with E-state index in [0.29, 0.717) is 27.4 Å². The maximum absolute atomic E-state index is 12.8. The van der Waals surface area contributed by atoms with Crippen molar-refractivity contribution >= 4 is 23.6 Å². The molecular formula is C33H28F3N7O3S. The Hall–Kier alpha value is -5.55. The minimum Gasteiger partial charge on any atom is -0.497 e. The van der Waals surface area contributed by atoms with E-state index in [9.17, 15) is 23.2 Å². The highest BCUT2D eigenvalue weighted by atomic mass is 32.1. The zero-order chi connectivity index (χ0) is 33.7. The van der Waals surface area contributed by atoms with Crippen LogP contribution >= 0.6 is 11.3 Å². The highest BCUT2D eigenvalue weighted by Crippen LogP contribution is 2.28. The fourth-order valence-electron chi connectivity index (χ4n) is 4.69. The van der Waals surface area contributed by atoms with Crippen LogP contribution in [0.1, 0.15) is 42.5 Å². The summed E-state index contributed by atoms with van der Waals surface area (Å²) in [5.74, 6) is 0.115. The smallest absolute Gasteiger partial charge is 0.497 e. The van der Waals surface area contributed by atoms with E-state index in [2.05, 4.69) is 44.7 Å². The summed E-state index contributed by atoms with van der Waals surface area (Å²) in [6, 6.07) is 19.2. The van der Waals surface area contributed by atoms with Crippen LogP contribution in [0.3, 0.4) is 0 Å². The number of hydrogen-bond donors (Lipinski definition) is 0. The van der Waals surface area contributed by atoms with Gasteiger partial charge >= 0.3 is 12.4 Å². The lowest BCUT2D eigenvalue weighted by atomic mass is 10.0. The van der Waals surface area contributed by atoms with Gasteiger partial charge in [-0.1, -0.05) is 38.1 Å². The summed E-state index contributed by atoms with van der Waals surface area (Å²) in [5, 5.41) is 16.1. The fraction of sp³-hybridized carbons (Fsp3) is 0.212. The van der Waals surface area contributed by atoms with E-state index in [4.69, 9.17) is 4.74 Å². The summed E-state index contributed by atoms with van der Waals surface area (Å²) in [5.41, 5.74) is 4.54. The second-order valence-corrected chi connectivity index (χ2v) is 11.4. The number of rotatable bonds is 8. The van der Waals surface area contributed by atoms with Crippen molar-refractivity contribution in [1.29, 1.82) is 5.26 Å². The summed E-state index contributed by atoms with van der Waals surface area (Å²) in [7, 11) is 1.61. The highest BCUT2D eigenvalue weighted by molar-refractivity contribution is 7.07. The number of thiazole rings is 1. The molecule has 1 unspecified atom stereocenters. The lowest BCUT2D eigenvalue weighted by Gasteiger charge is -2.16. The minimum absolute atomic E-state index is 0.185. The number of halogens is 3. The van der Waals surface area contributed by atoms with Crippen LogP contribution < -0.4 is 14.3 Å². The van der Waals surface area contributed by atoms with E-state index in [1.54, 1.807) is 31.4 Å². The fourth-order valence-corrected chi connectivity index (χ4v) is 5.55. The molecule has 0 aliphatic carbocycles. The highest BCUT2D eigenvalue weighted by Gasteiger charge is 2.31. The molecule has 0 saturated heterocycles. The SMILES string of the molecule is COc1ccc(-n2c(C)csc2=NC(=O)N=CC(C#N)c2ccc(-c3ncn(-c4ccc(OC(F)(F)F)cc4)n3)cc2)c(C(C)C)c1. The zero-order valence-electron chi connectivity index (χ0n) is 25.6. The third kappa shape index (κ3) is 7.82. The molecule has 0 saturated carbocycles. The van der Waals surface area contributed by atoms with Crippen LogP contribution in [-0.4, -0.2) is 45.0 Å². The average molecular weight is 660 g/mol. The number of ether oxygens (including phenoxy) is 2. The molecule has 0 radical (unpaired) electrons. The molecule has 14 heteroatoms. The first-order valence-corrected chi connectivity index (χ1v) is 15.1. The molecule has 2 aromatic heterocycles. The second-order valence-electron chi connectivity index (χ2n) is 10.5. The molecule has 2 amide bonds. The van der Waals surface area contributed by atoms with Crippen LogP contribution in [0.25, 0.3) is 22.8 Å². The second kappa shape index (κ2) is 13.8. The first-order valence-electron chi connectivity index (χ1n) is 14.2. The number of urea groups is 1. The maximum atomic E-state index is 12.8. The molecule has 1 atom stereocenters. The summed E-state index contributed by atoms with van der Waals surface area (Å²) < 4.78 is 49.9. The molecule has 10 nitrogen and oxygen atoms in total. The Labute approximate surface area is 271 Å². The van der Waals surface area contributed by atoms with Gasteiger partial charge < -0.3 is 9.47 Å². The Balaban J connectivity index is 1.31. The van der Waals surface area contributed by atoms with Crippen LogP contribution in [0.15, 0.2) is 88.4 Å². The quantitative estimate of drug-likeness (QED) is 0.159. The number of hydrogen-bond acceptors (Lipinski definition) is 7. The largest absolute Gasteiger partial charge is 0.573 e. The number of aliphatic imine (C=N–C) groups is 1. The van der Waals surface area contributed by atoms with Crippen LogP contribution in [-0.2, 0) is 0 Å². The number of aryl methyl sites for hydroxylation is 1. The third-order valence-electron chi connectivity index (χ3n) is 7.00. The molecule has 0 N–H and O–H groups in total. The van der Waals surface area contributed by atoms with Gasteiger partial charge in [0, 0.05) is 22.9 Å². The van der Waals surface area contributed by atoms with Gasteiger partial charge in [-0.3, -0.25) is 4.57 Å². The monoisotopic (exact) mass is 659 g/mol. The predicted octanol–water partition coefficient (Wildman–Crippen LogP) is 7.52. The Kier molecular flexibility index (Phi) is 9.67. The first kappa shape index (κ1) is 32.8. The molecule has 0 fully saturated rings. The van der Waals surface area contributed by atoms with Crippen molar-refractivity contribution in [2.24, 2.45) is 9.98 Å². The van der Waals surface area contributed by atoms with Crippen molar-refractivity contribution in [1.82, 2.24) is 19.3 Å². The Bertz CT molecular complexity index is 2020. The van der Waals surface area contributed by atoms with Crippen LogP contribution in [0.5, 0.6) is 11.5 Å². The Morgan fingerprint density at radius 1 is 1.06 bits per heavy atom. The number of amides is 2. The average Bonchev–Trinajstić information content (AvgIpc) is 3.68. The van der Waals surface area contributed by atoms with Gasteiger partial charge in [-0.05, 0) is 66.4 Å². The molecule has 5 rings (SSSR count). The van der Waals surface area contributed by atoms with Gasteiger partial charge in [0.2, 0.25) is 0 Å². The Morgan fingerprint density at radius 2 is 1.77 bits per heavy atom. The number of alkyl halides is 3. The summed E-state index contributed by atoms with van der Waals surface area (Å²) in [4.78, 5) is 25.8.